The van der Waals surface area contributed by atoms with E-state index in [1.807, 2.05) is 6.07 Å². The van der Waals surface area contributed by atoms with Gasteiger partial charge in [-0.05, 0) is 12.0 Å². The molecule has 1 fully saturated rings. The maximum atomic E-state index is 9.02. The molecule has 1 unspecified atom stereocenters. The average Bonchev–Trinajstić information content (AvgIpc) is 2.33. The van der Waals surface area contributed by atoms with Crippen molar-refractivity contribution < 1.29 is 9.84 Å². The predicted molar refractivity (Wildman–Crippen MR) is 63.4 cm³/mol. The second kappa shape index (κ2) is 5.99. The number of aliphatic hydroxyl groups is 1. The first kappa shape index (κ1) is 11.6. The van der Waals surface area contributed by atoms with Gasteiger partial charge < -0.3 is 9.84 Å². The van der Waals surface area contributed by atoms with Crippen LogP contribution < -0.4 is 0 Å². The number of nitrogens with zero attached hydrogens (tertiary/aromatic N) is 1. The Morgan fingerprint density at radius 2 is 2.12 bits per heavy atom. The molecule has 3 nitrogen and oxygen atoms in total. The van der Waals surface area contributed by atoms with Crippen molar-refractivity contribution in [2.24, 2.45) is 0 Å². The molecule has 0 amide bonds. The molecule has 1 saturated heterocycles. The van der Waals surface area contributed by atoms with Crippen LogP contribution in [0.1, 0.15) is 5.56 Å². The molecule has 1 atom stereocenters. The normalized spacial score (nSPS) is 22.2. The zero-order valence-corrected chi connectivity index (χ0v) is 9.51. The Morgan fingerprint density at radius 1 is 1.31 bits per heavy atom. The minimum Gasteiger partial charge on any atom is -0.395 e. The third kappa shape index (κ3) is 3.04. The summed E-state index contributed by atoms with van der Waals surface area (Å²) in [5.41, 5.74) is 1.33. The van der Waals surface area contributed by atoms with E-state index in [9.17, 15) is 0 Å². The molecule has 0 aromatic heterocycles. The molecule has 1 N–H and O–H groups in total. The highest BCUT2D eigenvalue weighted by atomic mass is 16.5. The van der Waals surface area contributed by atoms with Crippen LogP contribution in [0.3, 0.4) is 0 Å². The molecule has 3 heteroatoms. The monoisotopic (exact) mass is 221 g/mol. The maximum Gasteiger partial charge on any atom is 0.0625 e. The van der Waals surface area contributed by atoms with Crippen LogP contribution in [0, 0.1) is 0 Å². The lowest BCUT2D eigenvalue weighted by atomic mass is 10.0. The average molecular weight is 221 g/mol. The Bertz CT molecular complexity index is 300. The van der Waals surface area contributed by atoms with Crippen LogP contribution in [0.4, 0.5) is 0 Å². The van der Waals surface area contributed by atoms with Crippen molar-refractivity contribution in [3.05, 3.63) is 35.9 Å². The molecule has 1 aromatic carbocycles. The van der Waals surface area contributed by atoms with Gasteiger partial charge >= 0.3 is 0 Å². The molecule has 1 aliphatic heterocycles. The van der Waals surface area contributed by atoms with Crippen LogP contribution in [0.5, 0.6) is 0 Å². The first-order valence-corrected chi connectivity index (χ1v) is 5.86. The van der Waals surface area contributed by atoms with Gasteiger partial charge in [-0.15, -0.1) is 0 Å². The standard InChI is InChI=1S/C13H19NO2/c15-8-6-14-7-9-16-11-13(14)10-12-4-2-1-3-5-12/h1-5,13,15H,6-11H2. The molecular weight excluding hydrogens is 202 g/mol. The summed E-state index contributed by atoms with van der Waals surface area (Å²) in [6.07, 6.45) is 1.00. The fourth-order valence-electron chi connectivity index (χ4n) is 2.19. The third-order valence-electron chi connectivity index (χ3n) is 3.05. The Labute approximate surface area is 96.6 Å². The molecule has 2 rings (SSSR count). The van der Waals surface area contributed by atoms with Gasteiger partial charge in [0.1, 0.15) is 0 Å². The lowest BCUT2D eigenvalue weighted by molar-refractivity contribution is -0.0132. The van der Waals surface area contributed by atoms with Crippen LogP contribution in [0.15, 0.2) is 30.3 Å². The Balaban J connectivity index is 1.96. The molecule has 1 heterocycles. The van der Waals surface area contributed by atoms with Crippen LogP contribution in [-0.4, -0.2) is 49.0 Å². The van der Waals surface area contributed by atoms with Crippen LogP contribution >= 0.6 is 0 Å². The van der Waals surface area contributed by atoms with Gasteiger partial charge in [-0.3, -0.25) is 4.90 Å². The summed E-state index contributed by atoms with van der Waals surface area (Å²) in [7, 11) is 0. The van der Waals surface area contributed by atoms with Crippen molar-refractivity contribution in [1.29, 1.82) is 0 Å². The predicted octanol–water partition coefficient (Wildman–Crippen LogP) is 0.922. The zero-order chi connectivity index (χ0) is 11.2. The quantitative estimate of drug-likeness (QED) is 0.820. The molecule has 0 radical (unpaired) electrons. The largest absolute Gasteiger partial charge is 0.395 e. The second-order valence-corrected chi connectivity index (χ2v) is 4.18. The van der Waals surface area contributed by atoms with E-state index < -0.39 is 0 Å². The highest BCUT2D eigenvalue weighted by Crippen LogP contribution is 2.12. The van der Waals surface area contributed by atoms with Crippen molar-refractivity contribution >= 4 is 0 Å². The summed E-state index contributed by atoms with van der Waals surface area (Å²) >= 11 is 0. The first-order chi connectivity index (χ1) is 7.90. The molecule has 0 aliphatic carbocycles. The summed E-state index contributed by atoms with van der Waals surface area (Å²) in [5, 5.41) is 9.02. The molecule has 0 bridgehead atoms. The zero-order valence-electron chi connectivity index (χ0n) is 9.51. The van der Waals surface area contributed by atoms with Crippen molar-refractivity contribution in [1.82, 2.24) is 4.90 Å². The van der Waals surface area contributed by atoms with Crippen LogP contribution in [0.2, 0.25) is 0 Å². The van der Waals surface area contributed by atoms with Gasteiger partial charge in [0.25, 0.3) is 0 Å². The Morgan fingerprint density at radius 3 is 2.88 bits per heavy atom. The lowest BCUT2D eigenvalue weighted by Gasteiger charge is -2.35. The van der Waals surface area contributed by atoms with E-state index in [0.29, 0.717) is 6.04 Å². The lowest BCUT2D eigenvalue weighted by Crippen LogP contribution is -2.47. The van der Waals surface area contributed by atoms with Crippen molar-refractivity contribution in [3.8, 4) is 0 Å². The molecule has 1 aliphatic rings. The molecular formula is C13H19NO2. The summed E-state index contributed by atoms with van der Waals surface area (Å²) < 4.78 is 5.51. The van der Waals surface area contributed by atoms with E-state index in [0.717, 1.165) is 32.7 Å². The molecule has 16 heavy (non-hydrogen) atoms. The third-order valence-corrected chi connectivity index (χ3v) is 3.05. The molecule has 0 spiro atoms. The first-order valence-electron chi connectivity index (χ1n) is 5.86. The molecule has 0 saturated carbocycles. The van der Waals surface area contributed by atoms with E-state index in [4.69, 9.17) is 9.84 Å². The van der Waals surface area contributed by atoms with Crippen molar-refractivity contribution in [2.45, 2.75) is 12.5 Å². The molecule has 88 valence electrons. The van der Waals surface area contributed by atoms with Gasteiger partial charge in [0, 0.05) is 19.1 Å². The van der Waals surface area contributed by atoms with Crippen LogP contribution in [-0.2, 0) is 11.2 Å². The highest BCUT2D eigenvalue weighted by molar-refractivity contribution is 5.16. The second-order valence-electron chi connectivity index (χ2n) is 4.18. The fraction of sp³-hybridized carbons (Fsp3) is 0.538. The number of rotatable bonds is 4. The van der Waals surface area contributed by atoms with Crippen LogP contribution in [0.25, 0.3) is 0 Å². The highest BCUT2D eigenvalue weighted by Gasteiger charge is 2.22. The van der Waals surface area contributed by atoms with Gasteiger partial charge in [-0.2, -0.15) is 0 Å². The van der Waals surface area contributed by atoms with Gasteiger partial charge in [0.2, 0.25) is 0 Å². The number of morpholine rings is 1. The fourth-order valence-corrected chi connectivity index (χ4v) is 2.19. The maximum absolute atomic E-state index is 9.02. The van der Waals surface area contributed by atoms with Gasteiger partial charge in [-0.25, -0.2) is 0 Å². The summed E-state index contributed by atoms with van der Waals surface area (Å²) in [4.78, 5) is 2.32. The van der Waals surface area contributed by atoms with Crippen molar-refractivity contribution in [3.63, 3.8) is 0 Å². The van der Waals surface area contributed by atoms with E-state index in [2.05, 4.69) is 29.2 Å². The van der Waals surface area contributed by atoms with E-state index in [1.165, 1.54) is 5.56 Å². The SMILES string of the molecule is OCCN1CCOCC1Cc1ccccc1. The van der Waals surface area contributed by atoms with Gasteiger partial charge in [0.05, 0.1) is 19.8 Å². The number of ether oxygens (including phenoxy) is 1. The summed E-state index contributed by atoms with van der Waals surface area (Å²) in [6, 6.07) is 10.9. The van der Waals surface area contributed by atoms with Gasteiger partial charge in [0.15, 0.2) is 0 Å². The minimum absolute atomic E-state index is 0.227. The van der Waals surface area contributed by atoms with E-state index >= 15 is 0 Å². The minimum atomic E-state index is 0.227. The number of hydrogen-bond donors (Lipinski definition) is 1. The summed E-state index contributed by atoms with van der Waals surface area (Å²) in [6.45, 7) is 3.46. The Kier molecular flexibility index (Phi) is 4.34. The van der Waals surface area contributed by atoms with E-state index in [-0.39, 0.29) is 6.61 Å². The van der Waals surface area contributed by atoms with Gasteiger partial charge in [-0.1, -0.05) is 30.3 Å². The summed E-state index contributed by atoms with van der Waals surface area (Å²) in [5.74, 6) is 0. The van der Waals surface area contributed by atoms with Crippen molar-refractivity contribution in [2.75, 3.05) is 32.9 Å². The topological polar surface area (TPSA) is 32.7 Å². The molecule has 1 aromatic rings. The number of β-amino-alcohol motifs (C(OH)–C–C–N with tert-alkyl or cyclic N) is 1. The number of aliphatic hydroxyl groups excluding tert-OH is 1. The number of hydrogen-bond acceptors (Lipinski definition) is 3. The Hall–Kier alpha value is -0.900. The van der Waals surface area contributed by atoms with E-state index in [1.54, 1.807) is 0 Å². The number of benzene rings is 1. The smallest absolute Gasteiger partial charge is 0.0625 e.